The molecule has 1 aromatic carbocycles. The molecule has 0 unspecified atom stereocenters. The Morgan fingerprint density at radius 2 is 2.36 bits per heavy atom. The average molecular weight is 331 g/mol. The number of fused-ring (bicyclic) bond motifs is 1. The lowest BCUT2D eigenvalue weighted by Gasteiger charge is -1.99. The monoisotopic (exact) mass is 330 g/mol. The van der Waals surface area contributed by atoms with E-state index in [1.807, 2.05) is 16.7 Å². The minimum absolute atomic E-state index is 0.280. The topological polar surface area (TPSA) is 52.2 Å². The first-order valence-corrected chi connectivity index (χ1v) is 7.58. The van der Waals surface area contributed by atoms with Gasteiger partial charge < -0.3 is 9.13 Å². The standard InChI is InChI=1S/C15H11ClN4OS/c1-3-7-20-11-5-4-10(16)9-12(11)22-15(20)18-14(21)13-17-6-8-19(13)2/h1,4-6,8-9H,7H2,2H3. The van der Waals surface area contributed by atoms with E-state index in [2.05, 4.69) is 15.9 Å². The number of carbonyl (C=O) groups is 1. The summed E-state index contributed by atoms with van der Waals surface area (Å²) in [4.78, 5) is 21.0. The van der Waals surface area contributed by atoms with Crippen LogP contribution in [0.15, 0.2) is 35.6 Å². The zero-order valence-electron chi connectivity index (χ0n) is 11.7. The van der Waals surface area contributed by atoms with Crippen LogP contribution >= 0.6 is 22.9 Å². The van der Waals surface area contributed by atoms with Gasteiger partial charge in [-0.25, -0.2) is 4.98 Å². The van der Waals surface area contributed by atoms with Crippen LogP contribution in [-0.4, -0.2) is 20.0 Å². The van der Waals surface area contributed by atoms with Crippen molar-refractivity contribution in [1.29, 1.82) is 0 Å². The van der Waals surface area contributed by atoms with Gasteiger partial charge in [-0.15, -0.1) is 6.42 Å². The van der Waals surface area contributed by atoms with Crippen LogP contribution in [0.4, 0.5) is 0 Å². The van der Waals surface area contributed by atoms with Crippen molar-refractivity contribution in [2.45, 2.75) is 6.54 Å². The highest BCUT2D eigenvalue weighted by Gasteiger charge is 2.12. The molecule has 3 rings (SSSR count). The highest BCUT2D eigenvalue weighted by Crippen LogP contribution is 2.21. The number of amides is 1. The molecule has 5 nitrogen and oxygen atoms in total. The molecule has 0 aliphatic heterocycles. The van der Waals surface area contributed by atoms with Crippen LogP contribution < -0.4 is 4.80 Å². The molecule has 7 heteroatoms. The number of hydrogen-bond acceptors (Lipinski definition) is 3. The first-order valence-electron chi connectivity index (χ1n) is 6.39. The third-order valence-electron chi connectivity index (χ3n) is 3.10. The molecule has 1 amide bonds. The minimum atomic E-state index is -0.407. The second kappa shape index (κ2) is 5.79. The maximum absolute atomic E-state index is 12.3. The molecule has 3 aromatic rings. The molecule has 0 atom stereocenters. The summed E-state index contributed by atoms with van der Waals surface area (Å²) in [5, 5.41) is 0.628. The molecular weight excluding hydrogens is 320 g/mol. The third-order valence-corrected chi connectivity index (χ3v) is 4.38. The molecule has 0 aliphatic rings. The minimum Gasteiger partial charge on any atom is -0.330 e. The highest BCUT2D eigenvalue weighted by molar-refractivity contribution is 7.16. The van der Waals surface area contributed by atoms with Crippen molar-refractivity contribution >= 4 is 39.1 Å². The van der Waals surface area contributed by atoms with Gasteiger partial charge >= 0.3 is 5.91 Å². The largest absolute Gasteiger partial charge is 0.330 e. The molecule has 0 aliphatic carbocycles. The summed E-state index contributed by atoms with van der Waals surface area (Å²) in [5.41, 5.74) is 0.902. The maximum Gasteiger partial charge on any atom is 0.315 e. The van der Waals surface area contributed by atoms with Crippen molar-refractivity contribution in [3.8, 4) is 12.3 Å². The number of benzene rings is 1. The Kier molecular flexibility index (Phi) is 3.84. The van der Waals surface area contributed by atoms with Gasteiger partial charge in [0.05, 0.1) is 16.8 Å². The van der Waals surface area contributed by atoms with E-state index in [0.29, 0.717) is 16.4 Å². The number of carbonyl (C=O) groups excluding carboxylic acids is 1. The summed E-state index contributed by atoms with van der Waals surface area (Å²) in [5.74, 6) is 2.45. The van der Waals surface area contributed by atoms with Gasteiger partial charge in [0.25, 0.3) is 0 Å². The Bertz CT molecular complexity index is 973. The van der Waals surface area contributed by atoms with Gasteiger partial charge in [0, 0.05) is 24.5 Å². The first-order chi connectivity index (χ1) is 10.6. The normalized spacial score (nSPS) is 11.8. The van der Waals surface area contributed by atoms with E-state index in [0.717, 1.165) is 10.2 Å². The predicted octanol–water partition coefficient (Wildman–Crippen LogP) is 2.46. The Labute approximate surface area is 135 Å². The lowest BCUT2D eigenvalue weighted by atomic mass is 10.3. The van der Waals surface area contributed by atoms with E-state index in [4.69, 9.17) is 18.0 Å². The van der Waals surface area contributed by atoms with Crippen LogP contribution in [0.3, 0.4) is 0 Å². The van der Waals surface area contributed by atoms with Crippen molar-refractivity contribution in [1.82, 2.24) is 14.1 Å². The Morgan fingerprint density at radius 3 is 3.05 bits per heavy atom. The number of rotatable bonds is 2. The van der Waals surface area contributed by atoms with E-state index in [1.54, 1.807) is 30.1 Å². The highest BCUT2D eigenvalue weighted by atomic mass is 35.5. The zero-order chi connectivity index (χ0) is 15.7. The lowest BCUT2D eigenvalue weighted by molar-refractivity contribution is 0.0985. The number of halogens is 1. The Morgan fingerprint density at radius 1 is 1.55 bits per heavy atom. The van der Waals surface area contributed by atoms with Crippen molar-refractivity contribution in [3.63, 3.8) is 0 Å². The molecule has 0 saturated carbocycles. The van der Waals surface area contributed by atoms with E-state index in [9.17, 15) is 4.79 Å². The smallest absolute Gasteiger partial charge is 0.315 e. The summed E-state index contributed by atoms with van der Waals surface area (Å²) in [6.07, 6.45) is 8.68. The van der Waals surface area contributed by atoms with E-state index in [1.165, 1.54) is 11.3 Å². The second-order valence-corrected chi connectivity index (χ2v) is 6.01. The SMILES string of the molecule is C#CCn1c(=NC(=O)c2nccn2C)sc2cc(Cl)ccc21. The fourth-order valence-electron chi connectivity index (χ4n) is 2.09. The first kappa shape index (κ1) is 14.6. The number of nitrogens with zero attached hydrogens (tertiary/aromatic N) is 4. The van der Waals surface area contributed by atoms with Crippen molar-refractivity contribution in [2.75, 3.05) is 0 Å². The molecule has 0 spiro atoms. The Hall–Kier alpha value is -2.36. The Balaban J connectivity index is 2.19. The van der Waals surface area contributed by atoms with Gasteiger partial charge in [0.1, 0.15) is 0 Å². The van der Waals surface area contributed by atoms with E-state index < -0.39 is 5.91 Å². The number of aromatic nitrogens is 3. The number of aryl methyl sites for hydroxylation is 1. The van der Waals surface area contributed by atoms with Crippen molar-refractivity contribution in [2.24, 2.45) is 12.0 Å². The molecule has 0 N–H and O–H groups in total. The van der Waals surface area contributed by atoms with Crippen molar-refractivity contribution in [3.05, 3.63) is 46.2 Å². The molecule has 22 heavy (non-hydrogen) atoms. The molecule has 0 saturated heterocycles. The number of terminal acetylenes is 1. The summed E-state index contributed by atoms with van der Waals surface area (Å²) in [7, 11) is 1.75. The average Bonchev–Trinajstić information content (AvgIpc) is 3.03. The summed E-state index contributed by atoms with van der Waals surface area (Å²) >= 11 is 7.38. The quantitative estimate of drug-likeness (QED) is 0.678. The van der Waals surface area contributed by atoms with Crippen LogP contribution in [0.2, 0.25) is 5.02 Å². The molecule has 0 bridgehead atoms. The molecule has 0 radical (unpaired) electrons. The number of thiazole rings is 1. The number of imidazole rings is 1. The fourth-order valence-corrected chi connectivity index (χ4v) is 3.39. The molecular formula is C15H11ClN4OS. The van der Waals surface area contributed by atoms with Crippen molar-refractivity contribution < 1.29 is 4.79 Å². The number of hydrogen-bond donors (Lipinski definition) is 0. The van der Waals surface area contributed by atoms with Crippen LogP contribution in [0, 0.1) is 12.3 Å². The molecule has 0 fully saturated rings. The van der Waals surface area contributed by atoms with E-state index >= 15 is 0 Å². The third kappa shape index (κ3) is 2.56. The van der Waals surface area contributed by atoms with Gasteiger partial charge in [0.2, 0.25) is 5.82 Å². The van der Waals surface area contributed by atoms with E-state index in [-0.39, 0.29) is 5.82 Å². The van der Waals surface area contributed by atoms with Gasteiger partial charge in [-0.3, -0.25) is 4.79 Å². The summed E-state index contributed by atoms with van der Waals surface area (Å²) < 4.78 is 4.37. The summed E-state index contributed by atoms with van der Waals surface area (Å²) in [6, 6.07) is 5.49. The second-order valence-electron chi connectivity index (χ2n) is 4.57. The van der Waals surface area contributed by atoms with Crippen LogP contribution in [0.1, 0.15) is 10.6 Å². The van der Waals surface area contributed by atoms with Gasteiger partial charge in [-0.1, -0.05) is 28.9 Å². The van der Waals surface area contributed by atoms with Crippen LogP contribution in [0.5, 0.6) is 0 Å². The van der Waals surface area contributed by atoms with Crippen LogP contribution in [0.25, 0.3) is 10.2 Å². The lowest BCUT2D eigenvalue weighted by Crippen LogP contribution is -2.17. The van der Waals surface area contributed by atoms with Gasteiger partial charge in [-0.2, -0.15) is 4.99 Å². The molecule has 2 heterocycles. The van der Waals surface area contributed by atoms with Crippen LogP contribution in [-0.2, 0) is 13.6 Å². The van der Waals surface area contributed by atoms with Gasteiger partial charge in [-0.05, 0) is 18.2 Å². The molecule has 2 aromatic heterocycles. The predicted molar refractivity (Wildman–Crippen MR) is 86.8 cm³/mol. The zero-order valence-corrected chi connectivity index (χ0v) is 13.2. The summed E-state index contributed by atoms with van der Waals surface area (Å²) in [6.45, 7) is 0.328. The fraction of sp³-hybridized carbons (Fsp3) is 0.133. The maximum atomic E-state index is 12.3. The molecule has 110 valence electrons. The van der Waals surface area contributed by atoms with Gasteiger partial charge in [0.15, 0.2) is 4.80 Å².